The first kappa shape index (κ1) is 10.5. The van der Waals surface area contributed by atoms with E-state index in [9.17, 15) is 4.39 Å². The van der Waals surface area contributed by atoms with Gasteiger partial charge in [-0.05, 0) is 12.1 Å². The topological polar surface area (TPSA) is 61.0 Å². The molecule has 0 atom stereocenters. The smallest absolute Gasteiger partial charge is 0.162 e. The van der Waals surface area contributed by atoms with Gasteiger partial charge >= 0.3 is 0 Å². The van der Waals surface area contributed by atoms with Crippen LogP contribution in [0.15, 0.2) is 36.7 Å². The lowest BCUT2D eigenvalue weighted by Crippen LogP contribution is -2.07. The summed E-state index contributed by atoms with van der Waals surface area (Å²) in [5.74, 6) is 0.431. The predicted molar refractivity (Wildman–Crippen MR) is 57.1 cm³/mol. The van der Waals surface area contributed by atoms with Gasteiger partial charge in [-0.3, -0.25) is 5.73 Å². The van der Waals surface area contributed by atoms with Crippen molar-refractivity contribution >= 4 is 0 Å². The molecule has 2 aromatic rings. The molecule has 0 aliphatic rings. The lowest BCUT2D eigenvalue weighted by atomic mass is 10.2. The number of aromatic nitrogens is 2. The molecule has 4 nitrogen and oxygen atoms in total. The molecule has 0 fully saturated rings. The van der Waals surface area contributed by atoms with E-state index in [1.807, 2.05) is 0 Å². The summed E-state index contributed by atoms with van der Waals surface area (Å²) in [5, 5.41) is 0. The van der Waals surface area contributed by atoms with Gasteiger partial charge in [0, 0.05) is 0 Å². The largest absolute Gasteiger partial charge is 0.475 e. The van der Waals surface area contributed by atoms with Crippen LogP contribution in [0.25, 0.3) is 11.4 Å². The molecule has 0 spiro atoms. The van der Waals surface area contributed by atoms with E-state index in [1.54, 1.807) is 18.2 Å². The minimum Gasteiger partial charge on any atom is -0.475 e. The maximum atomic E-state index is 13.4. The molecule has 1 aromatic heterocycles. The molecule has 0 aliphatic heterocycles. The van der Waals surface area contributed by atoms with Crippen molar-refractivity contribution in [2.75, 3.05) is 6.73 Å². The molecule has 0 saturated carbocycles. The number of hydrogen-bond acceptors (Lipinski definition) is 4. The lowest BCUT2D eigenvalue weighted by Gasteiger charge is -2.03. The molecular formula is C11H10FN3O. The van der Waals surface area contributed by atoms with E-state index in [-0.39, 0.29) is 12.5 Å². The number of nitrogens with two attached hydrogens (primary N) is 1. The summed E-state index contributed by atoms with van der Waals surface area (Å²) in [4.78, 5) is 7.99. The van der Waals surface area contributed by atoms with E-state index < -0.39 is 0 Å². The van der Waals surface area contributed by atoms with Crippen molar-refractivity contribution in [3.8, 4) is 17.1 Å². The monoisotopic (exact) mass is 219 g/mol. The number of rotatable bonds is 3. The molecule has 0 aliphatic carbocycles. The van der Waals surface area contributed by atoms with Gasteiger partial charge in [0.25, 0.3) is 0 Å². The van der Waals surface area contributed by atoms with Crippen molar-refractivity contribution in [2.45, 2.75) is 0 Å². The molecule has 5 heteroatoms. The fourth-order valence-corrected chi connectivity index (χ4v) is 1.27. The molecule has 2 N–H and O–H groups in total. The number of benzene rings is 1. The quantitative estimate of drug-likeness (QED) is 0.796. The molecule has 0 amide bonds. The van der Waals surface area contributed by atoms with Gasteiger partial charge in [-0.25, -0.2) is 14.4 Å². The Morgan fingerprint density at radius 1 is 1.19 bits per heavy atom. The van der Waals surface area contributed by atoms with Crippen LogP contribution in [-0.2, 0) is 0 Å². The second-order valence-electron chi connectivity index (χ2n) is 3.03. The van der Waals surface area contributed by atoms with Gasteiger partial charge in [0.1, 0.15) is 12.5 Å². The van der Waals surface area contributed by atoms with E-state index >= 15 is 0 Å². The van der Waals surface area contributed by atoms with Crippen LogP contribution in [0.3, 0.4) is 0 Å². The zero-order valence-corrected chi connectivity index (χ0v) is 8.43. The Morgan fingerprint density at radius 2 is 1.88 bits per heavy atom. The second kappa shape index (κ2) is 4.67. The molecule has 0 saturated heterocycles. The Balaban J connectivity index is 2.31. The van der Waals surface area contributed by atoms with Crippen LogP contribution in [0.5, 0.6) is 5.75 Å². The third kappa shape index (κ3) is 2.14. The highest BCUT2D eigenvalue weighted by atomic mass is 19.1. The van der Waals surface area contributed by atoms with Gasteiger partial charge in [0.05, 0.1) is 18.0 Å². The van der Waals surface area contributed by atoms with Crippen LogP contribution < -0.4 is 10.5 Å². The van der Waals surface area contributed by atoms with Crippen LogP contribution in [0.1, 0.15) is 0 Å². The van der Waals surface area contributed by atoms with Gasteiger partial charge in [-0.15, -0.1) is 0 Å². The van der Waals surface area contributed by atoms with Gasteiger partial charge in [0.2, 0.25) is 0 Å². The van der Waals surface area contributed by atoms with Crippen molar-refractivity contribution in [1.82, 2.24) is 9.97 Å². The first-order valence-electron chi connectivity index (χ1n) is 4.71. The third-order valence-corrected chi connectivity index (χ3v) is 1.99. The van der Waals surface area contributed by atoms with Gasteiger partial charge < -0.3 is 4.74 Å². The van der Waals surface area contributed by atoms with Crippen LogP contribution in [0, 0.1) is 5.82 Å². The molecular weight excluding hydrogens is 209 g/mol. The van der Waals surface area contributed by atoms with E-state index in [0.717, 1.165) is 0 Å². The highest BCUT2D eigenvalue weighted by Crippen LogP contribution is 2.19. The summed E-state index contributed by atoms with van der Waals surface area (Å²) in [6, 6.07) is 6.33. The maximum absolute atomic E-state index is 13.4. The molecule has 0 bridgehead atoms. The first-order chi connectivity index (χ1) is 7.81. The molecule has 82 valence electrons. The number of halogens is 1. The van der Waals surface area contributed by atoms with Crippen LogP contribution in [-0.4, -0.2) is 16.7 Å². The Kier molecular flexibility index (Phi) is 3.07. The fraction of sp³-hybridized carbons (Fsp3) is 0.0909. The summed E-state index contributed by atoms with van der Waals surface area (Å²) in [6.45, 7) is 0.0579. The van der Waals surface area contributed by atoms with E-state index in [1.165, 1.54) is 18.5 Å². The van der Waals surface area contributed by atoms with Crippen LogP contribution in [0.4, 0.5) is 4.39 Å². The van der Waals surface area contributed by atoms with Crippen molar-refractivity contribution < 1.29 is 9.13 Å². The van der Waals surface area contributed by atoms with Crippen LogP contribution in [0.2, 0.25) is 0 Å². The first-order valence-corrected chi connectivity index (χ1v) is 4.71. The van der Waals surface area contributed by atoms with Crippen molar-refractivity contribution in [3.05, 3.63) is 42.5 Å². The molecule has 2 rings (SSSR count). The van der Waals surface area contributed by atoms with Gasteiger partial charge in [-0.1, -0.05) is 12.1 Å². The molecule has 1 aromatic carbocycles. The second-order valence-corrected chi connectivity index (χ2v) is 3.03. The third-order valence-electron chi connectivity index (χ3n) is 1.99. The molecule has 1 heterocycles. The molecule has 0 radical (unpaired) electrons. The highest BCUT2D eigenvalue weighted by Gasteiger charge is 2.06. The highest BCUT2D eigenvalue weighted by molar-refractivity contribution is 5.55. The average molecular weight is 219 g/mol. The summed E-state index contributed by atoms with van der Waals surface area (Å²) in [5.41, 5.74) is 5.56. The zero-order chi connectivity index (χ0) is 11.4. The maximum Gasteiger partial charge on any atom is 0.162 e. The summed E-state index contributed by atoms with van der Waals surface area (Å²) >= 11 is 0. The van der Waals surface area contributed by atoms with E-state index in [0.29, 0.717) is 17.1 Å². The zero-order valence-electron chi connectivity index (χ0n) is 8.43. The fourth-order valence-electron chi connectivity index (χ4n) is 1.27. The Hall–Kier alpha value is -2.01. The standard InChI is InChI=1S/C11H10FN3O/c12-10-4-2-1-3-9(10)11-14-5-8(6-15-11)16-7-13/h1-6H,7,13H2. The number of nitrogens with zero attached hydrogens (tertiary/aromatic N) is 2. The number of ether oxygens (including phenoxy) is 1. The van der Waals surface area contributed by atoms with Crippen molar-refractivity contribution in [1.29, 1.82) is 0 Å². The SMILES string of the molecule is NCOc1cnc(-c2ccccc2F)nc1. The Bertz CT molecular complexity index is 473. The predicted octanol–water partition coefficient (Wildman–Crippen LogP) is 1.58. The summed E-state index contributed by atoms with van der Waals surface area (Å²) < 4.78 is 18.4. The lowest BCUT2D eigenvalue weighted by molar-refractivity contribution is 0.327. The van der Waals surface area contributed by atoms with Crippen molar-refractivity contribution in [2.24, 2.45) is 5.73 Å². The summed E-state index contributed by atoms with van der Waals surface area (Å²) in [7, 11) is 0. The summed E-state index contributed by atoms with van der Waals surface area (Å²) in [6.07, 6.45) is 2.92. The normalized spacial score (nSPS) is 10.1. The van der Waals surface area contributed by atoms with E-state index in [4.69, 9.17) is 10.5 Å². The molecule has 0 unspecified atom stereocenters. The Morgan fingerprint density at radius 3 is 2.50 bits per heavy atom. The van der Waals surface area contributed by atoms with Crippen LogP contribution >= 0.6 is 0 Å². The number of hydrogen-bond donors (Lipinski definition) is 1. The molecule has 16 heavy (non-hydrogen) atoms. The van der Waals surface area contributed by atoms with Crippen molar-refractivity contribution in [3.63, 3.8) is 0 Å². The van der Waals surface area contributed by atoms with Gasteiger partial charge in [0.15, 0.2) is 11.6 Å². The Labute approximate surface area is 91.9 Å². The minimum absolute atomic E-state index is 0.0579. The average Bonchev–Trinajstić information content (AvgIpc) is 2.31. The van der Waals surface area contributed by atoms with E-state index in [2.05, 4.69) is 9.97 Å². The van der Waals surface area contributed by atoms with Gasteiger partial charge in [-0.2, -0.15) is 0 Å². The minimum atomic E-state index is -0.352.